The van der Waals surface area contributed by atoms with Crippen LogP contribution in [0.2, 0.25) is 0 Å². The molecule has 1 aromatic rings. The quantitative estimate of drug-likeness (QED) is 0.161. The van der Waals surface area contributed by atoms with E-state index >= 15 is 0 Å². The molecule has 0 saturated carbocycles. The van der Waals surface area contributed by atoms with E-state index < -0.39 is 6.36 Å². The third kappa shape index (κ3) is 11.7. The predicted molar refractivity (Wildman–Crippen MR) is 144 cm³/mol. The van der Waals surface area contributed by atoms with Crippen molar-refractivity contribution in [1.29, 1.82) is 0 Å². The fourth-order valence-electron chi connectivity index (χ4n) is 3.92. The Hall–Kier alpha value is -1.80. The van der Waals surface area contributed by atoms with Gasteiger partial charge in [0.15, 0.2) is 5.75 Å². The number of hydrogen-bond acceptors (Lipinski definition) is 4. The fraction of sp³-hybridized carbons (Fsp3) is 0.538. The molecule has 0 radical (unpaired) electrons. The van der Waals surface area contributed by atoms with Crippen LogP contribution in [-0.2, 0) is 0 Å². The van der Waals surface area contributed by atoms with E-state index in [1.165, 1.54) is 6.07 Å². The summed E-state index contributed by atoms with van der Waals surface area (Å²) in [5.41, 5.74) is 7.36. The molecule has 0 heterocycles. The van der Waals surface area contributed by atoms with Crippen molar-refractivity contribution in [1.82, 2.24) is 4.90 Å². The molecule has 0 aliphatic rings. The third-order valence-electron chi connectivity index (χ3n) is 5.62. The Labute approximate surface area is 221 Å². The zero-order chi connectivity index (χ0) is 26.4. The van der Waals surface area contributed by atoms with Gasteiger partial charge in [-0.25, -0.2) is 0 Å². The number of benzene rings is 1. The van der Waals surface area contributed by atoms with Gasteiger partial charge in [0.2, 0.25) is 0 Å². The van der Waals surface area contributed by atoms with Crippen molar-refractivity contribution in [3.8, 4) is 5.75 Å². The summed E-state index contributed by atoms with van der Waals surface area (Å²) in [5, 5.41) is 3.81. The molecule has 1 aromatic carbocycles. The van der Waals surface area contributed by atoms with E-state index in [1.54, 1.807) is 18.3 Å². The highest BCUT2D eigenvalue weighted by Crippen LogP contribution is 2.34. The van der Waals surface area contributed by atoms with Gasteiger partial charge < -0.3 is 20.7 Å². The van der Waals surface area contributed by atoms with Crippen LogP contribution >= 0.6 is 27.5 Å². The maximum atomic E-state index is 13.0. The third-order valence-corrected chi connectivity index (χ3v) is 6.24. The van der Waals surface area contributed by atoms with Crippen LogP contribution in [0.4, 0.5) is 18.9 Å². The molecule has 0 aromatic heterocycles. The molecule has 0 fully saturated rings. The summed E-state index contributed by atoms with van der Waals surface area (Å²) in [7, 11) is 0. The summed E-state index contributed by atoms with van der Waals surface area (Å²) < 4.78 is 43.6. The molecule has 4 nitrogen and oxygen atoms in total. The molecule has 198 valence electrons. The van der Waals surface area contributed by atoms with Gasteiger partial charge in [0, 0.05) is 33.9 Å². The molecule has 2 unspecified atom stereocenters. The first kappa shape index (κ1) is 31.2. The molecular weight excluding hydrogens is 543 g/mol. The predicted octanol–water partition coefficient (Wildman–Crippen LogP) is 8.76. The van der Waals surface area contributed by atoms with Gasteiger partial charge >= 0.3 is 6.36 Å². The van der Waals surface area contributed by atoms with Crippen LogP contribution in [0.5, 0.6) is 5.75 Å². The second-order valence-corrected chi connectivity index (χ2v) is 9.86. The van der Waals surface area contributed by atoms with Crippen molar-refractivity contribution < 1.29 is 17.9 Å². The standard InChI is InChI=1S/C26H38BrClF3N3O/c1-5-8-15-34(18-33-23-14-13-21(27)16-25(23)35-26(29,30)31)24(17-32)22(12-9-11-19(4)28)20(7-3)10-6-2/h9,11-14,16-17,20,22,33H,5-8,10,15,18,32H2,1-4H3/b12-9?,19-11+,24-17-. The van der Waals surface area contributed by atoms with Gasteiger partial charge in [-0.05, 0) is 50.0 Å². The number of ether oxygens (including phenoxy) is 1. The Bertz CT molecular complexity index is 855. The molecule has 0 amide bonds. The fourth-order valence-corrected chi connectivity index (χ4v) is 4.33. The van der Waals surface area contributed by atoms with Gasteiger partial charge in [-0.15, -0.1) is 13.2 Å². The normalized spacial score (nSPS) is 14.8. The number of anilines is 1. The van der Waals surface area contributed by atoms with Gasteiger partial charge in [0.1, 0.15) is 0 Å². The summed E-state index contributed by atoms with van der Waals surface area (Å²) in [6.45, 7) is 9.21. The minimum atomic E-state index is -4.79. The summed E-state index contributed by atoms with van der Waals surface area (Å²) >= 11 is 9.24. The van der Waals surface area contributed by atoms with E-state index in [1.807, 2.05) is 19.1 Å². The van der Waals surface area contributed by atoms with Gasteiger partial charge in [0.05, 0.1) is 12.4 Å². The maximum Gasteiger partial charge on any atom is 0.573 e. The van der Waals surface area contributed by atoms with Gasteiger partial charge in [-0.2, -0.15) is 0 Å². The largest absolute Gasteiger partial charge is 0.573 e. The van der Waals surface area contributed by atoms with E-state index in [0.717, 1.165) is 37.8 Å². The Morgan fingerprint density at radius 1 is 1.26 bits per heavy atom. The molecular formula is C26H38BrClF3N3O. The van der Waals surface area contributed by atoms with Crippen molar-refractivity contribution in [3.63, 3.8) is 0 Å². The summed E-state index contributed by atoms with van der Waals surface area (Å²) in [6, 6.07) is 4.53. The molecule has 3 N–H and O–H groups in total. The van der Waals surface area contributed by atoms with Gasteiger partial charge in [-0.3, -0.25) is 0 Å². The molecule has 1 rings (SSSR count). The lowest BCUT2D eigenvalue weighted by Crippen LogP contribution is -2.35. The SMILES string of the molecule is CCCCN(CNc1ccc(Br)cc1OC(F)(F)F)/C(=C\N)C(C=C/C=C(\C)Cl)C(CC)CCC. The smallest absolute Gasteiger partial charge is 0.404 e. The minimum absolute atomic E-state index is 0.0340. The van der Waals surface area contributed by atoms with E-state index in [4.69, 9.17) is 17.3 Å². The molecule has 0 aliphatic carbocycles. The molecule has 35 heavy (non-hydrogen) atoms. The number of halogens is 5. The van der Waals surface area contributed by atoms with E-state index in [-0.39, 0.29) is 24.0 Å². The number of hydrogen-bond donors (Lipinski definition) is 2. The van der Waals surface area contributed by atoms with Crippen LogP contribution in [0, 0.1) is 11.8 Å². The van der Waals surface area contributed by atoms with Gasteiger partial charge in [-0.1, -0.05) is 79.7 Å². The highest BCUT2D eigenvalue weighted by molar-refractivity contribution is 9.10. The lowest BCUT2D eigenvalue weighted by molar-refractivity contribution is -0.274. The molecule has 2 atom stereocenters. The topological polar surface area (TPSA) is 50.5 Å². The second-order valence-electron chi connectivity index (χ2n) is 8.35. The van der Waals surface area contributed by atoms with E-state index in [9.17, 15) is 13.2 Å². The highest BCUT2D eigenvalue weighted by Gasteiger charge is 2.32. The second kappa shape index (κ2) is 16.0. The molecule has 9 heteroatoms. The van der Waals surface area contributed by atoms with Gasteiger partial charge in [0.25, 0.3) is 0 Å². The monoisotopic (exact) mass is 579 g/mol. The van der Waals surface area contributed by atoms with Crippen molar-refractivity contribution in [2.45, 2.75) is 66.2 Å². The molecule has 0 spiro atoms. The lowest BCUT2D eigenvalue weighted by Gasteiger charge is -2.35. The van der Waals surface area contributed by atoms with Crippen molar-refractivity contribution in [2.24, 2.45) is 17.6 Å². The maximum absolute atomic E-state index is 13.0. The van der Waals surface area contributed by atoms with Crippen LogP contribution in [0.25, 0.3) is 0 Å². The first-order valence-electron chi connectivity index (χ1n) is 12.0. The first-order chi connectivity index (χ1) is 16.6. The van der Waals surface area contributed by atoms with Crippen LogP contribution < -0.4 is 15.8 Å². The number of nitrogens with one attached hydrogen (secondary N) is 1. The van der Waals surface area contributed by atoms with E-state index in [0.29, 0.717) is 22.0 Å². The molecule has 0 aliphatic heterocycles. The Morgan fingerprint density at radius 3 is 2.51 bits per heavy atom. The Morgan fingerprint density at radius 2 is 1.97 bits per heavy atom. The minimum Gasteiger partial charge on any atom is -0.404 e. The number of alkyl halides is 3. The summed E-state index contributed by atoms with van der Waals surface area (Å²) in [5.74, 6) is 0.0971. The number of allylic oxidation sites excluding steroid dienone is 4. The number of rotatable bonds is 15. The van der Waals surface area contributed by atoms with Crippen molar-refractivity contribution >= 4 is 33.2 Å². The molecule has 0 bridgehead atoms. The Kier molecular flexibility index (Phi) is 14.3. The summed E-state index contributed by atoms with van der Waals surface area (Å²) in [6.07, 6.45) is 7.65. The Balaban J connectivity index is 3.30. The van der Waals surface area contributed by atoms with Crippen LogP contribution in [0.15, 0.2) is 57.8 Å². The van der Waals surface area contributed by atoms with E-state index in [2.05, 4.69) is 57.7 Å². The summed E-state index contributed by atoms with van der Waals surface area (Å²) in [4.78, 5) is 2.10. The van der Waals surface area contributed by atoms with Crippen LogP contribution in [0.1, 0.15) is 59.8 Å². The zero-order valence-corrected chi connectivity index (χ0v) is 23.3. The van der Waals surface area contributed by atoms with Crippen LogP contribution in [0.3, 0.4) is 0 Å². The first-order valence-corrected chi connectivity index (χ1v) is 13.2. The number of unbranched alkanes of at least 4 members (excludes halogenated alkanes) is 1. The average Bonchev–Trinajstić information content (AvgIpc) is 2.78. The van der Waals surface area contributed by atoms with Crippen molar-refractivity contribution in [3.05, 3.63) is 57.8 Å². The highest BCUT2D eigenvalue weighted by atomic mass is 79.9. The lowest BCUT2D eigenvalue weighted by atomic mass is 9.83. The number of nitrogens with two attached hydrogens (primary N) is 1. The average molecular weight is 581 g/mol. The number of nitrogens with zero attached hydrogens (tertiary/aromatic N) is 1. The van der Waals surface area contributed by atoms with Crippen molar-refractivity contribution in [2.75, 3.05) is 18.5 Å². The van der Waals surface area contributed by atoms with Crippen LogP contribution in [-0.4, -0.2) is 24.5 Å². The molecule has 0 saturated heterocycles. The zero-order valence-electron chi connectivity index (χ0n) is 21.0.